The van der Waals surface area contributed by atoms with Crippen molar-refractivity contribution in [2.24, 2.45) is 0 Å². The van der Waals surface area contributed by atoms with Crippen LogP contribution in [0, 0.1) is 0 Å². The molecule has 4 atom stereocenters. The Morgan fingerprint density at radius 2 is 1.66 bits per heavy atom. The molecule has 0 spiro atoms. The molecule has 0 radical (unpaired) electrons. The first-order valence-electron chi connectivity index (χ1n) is 9.56. The van der Waals surface area contributed by atoms with Crippen LogP contribution in [-0.4, -0.2) is 46.9 Å². The van der Waals surface area contributed by atoms with Gasteiger partial charge in [0, 0.05) is 0 Å². The minimum absolute atomic E-state index is 0.115. The van der Waals surface area contributed by atoms with Gasteiger partial charge < -0.3 is 14.6 Å². The van der Waals surface area contributed by atoms with Crippen LogP contribution in [0.4, 0.5) is 4.79 Å². The maximum atomic E-state index is 13.0. The number of hydrogen-bond acceptors (Lipinski definition) is 5. The topological polar surface area (TPSA) is 76.1 Å². The van der Waals surface area contributed by atoms with E-state index in [0.29, 0.717) is 19.3 Å². The number of ether oxygens (including phenoxy) is 2. The molecule has 1 fully saturated rings. The van der Waals surface area contributed by atoms with Crippen molar-refractivity contribution in [2.75, 3.05) is 0 Å². The molecule has 29 heavy (non-hydrogen) atoms. The Morgan fingerprint density at radius 3 is 2.24 bits per heavy atom. The predicted molar refractivity (Wildman–Crippen MR) is 108 cm³/mol. The van der Waals surface area contributed by atoms with Gasteiger partial charge in [0.25, 0.3) is 6.47 Å². The third kappa shape index (κ3) is 4.84. The van der Waals surface area contributed by atoms with Gasteiger partial charge >= 0.3 is 6.09 Å². The van der Waals surface area contributed by atoms with Crippen LogP contribution in [0.1, 0.15) is 17.5 Å². The minimum Gasteiger partial charge on any atom is -0.460 e. The summed E-state index contributed by atoms with van der Waals surface area (Å²) in [5.41, 5.74) is 1.82. The summed E-state index contributed by atoms with van der Waals surface area (Å²) >= 11 is 0. The predicted octanol–water partition coefficient (Wildman–Crippen LogP) is 3.10. The lowest BCUT2D eigenvalue weighted by atomic mass is 10.00. The van der Waals surface area contributed by atoms with E-state index < -0.39 is 30.4 Å². The van der Waals surface area contributed by atoms with E-state index in [1.807, 2.05) is 60.7 Å². The van der Waals surface area contributed by atoms with Gasteiger partial charge in [0.1, 0.15) is 12.7 Å². The highest BCUT2D eigenvalue weighted by atomic mass is 16.6. The molecule has 0 bridgehead atoms. The Balaban J connectivity index is 1.85. The van der Waals surface area contributed by atoms with Gasteiger partial charge in [-0.25, -0.2) is 4.79 Å². The zero-order chi connectivity index (χ0) is 20.6. The van der Waals surface area contributed by atoms with Gasteiger partial charge in [0.2, 0.25) is 0 Å². The summed E-state index contributed by atoms with van der Waals surface area (Å²) in [4.78, 5) is 25.6. The molecule has 0 unspecified atom stereocenters. The third-order valence-corrected chi connectivity index (χ3v) is 5.15. The summed E-state index contributed by atoms with van der Waals surface area (Å²) in [5.74, 6) is 0. The standard InChI is InChI=1S/C23H25NO5/c1-2-9-19-21(26)22(29-16-25)20(14-17-10-5-3-6-11-17)24(19)23(27)28-15-18-12-7-4-8-13-18/h2-8,10-13,16,19-22,26H,1,9,14-15H2/t19-,20+,21-,22-/m1/s1. The fourth-order valence-corrected chi connectivity index (χ4v) is 3.81. The molecule has 2 aromatic rings. The van der Waals surface area contributed by atoms with Crippen molar-refractivity contribution in [3.8, 4) is 0 Å². The quantitative estimate of drug-likeness (QED) is 0.549. The number of aliphatic hydroxyl groups is 1. The van der Waals surface area contributed by atoms with Crippen molar-refractivity contribution >= 4 is 12.6 Å². The van der Waals surface area contributed by atoms with Gasteiger partial charge in [0.15, 0.2) is 6.10 Å². The van der Waals surface area contributed by atoms with Gasteiger partial charge in [-0.2, -0.15) is 0 Å². The third-order valence-electron chi connectivity index (χ3n) is 5.15. The van der Waals surface area contributed by atoms with Gasteiger partial charge in [-0.05, 0) is 24.0 Å². The first-order chi connectivity index (χ1) is 14.2. The van der Waals surface area contributed by atoms with Crippen LogP contribution in [0.5, 0.6) is 0 Å². The van der Waals surface area contributed by atoms with Gasteiger partial charge in [0.05, 0.1) is 12.1 Å². The van der Waals surface area contributed by atoms with Crippen molar-refractivity contribution in [1.82, 2.24) is 4.90 Å². The van der Waals surface area contributed by atoms with E-state index in [4.69, 9.17) is 9.47 Å². The second-order valence-electron chi connectivity index (χ2n) is 6.98. The first-order valence-corrected chi connectivity index (χ1v) is 9.56. The number of aliphatic hydroxyl groups excluding tert-OH is 1. The average Bonchev–Trinajstić information content (AvgIpc) is 3.00. The Bertz CT molecular complexity index is 811. The van der Waals surface area contributed by atoms with Crippen LogP contribution in [-0.2, 0) is 27.3 Å². The second-order valence-corrected chi connectivity index (χ2v) is 6.98. The van der Waals surface area contributed by atoms with E-state index >= 15 is 0 Å². The van der Waals surface area contributed by atoms with Crippen LogP contribution in [0.25, 0.3) is 0 Å². The monoisotopic (exact) mass is 395 g/mol. The van der Waals surface area contributed by atoms with E-state index in [9.17, 15) is 14.7 Å². The highest BCUT2D eigenvalue weighted by molar-refractivity contribution is 5.69. The SMILES string of the molecule is C=CC[C@@H]1[C@@H](O)[C@H](OC=O)[C@H](Cc2ccccc2)N1C(=O)OCc1ccccc1. The largest absolute Gasteiger partial charge is 0.460 e. The van der Waals surface area contributed by atoms with Crippen molar-refractivity contribution in [3.05, 3.63) is 84.4 Å². The highest BCUT2D eigenvalue weighted by Gasteiger charge is 2.51. The summed E-state index contributed by atoms with van der Waals surface area (Å²) < 4.78 is 10.7. The first kappa shape index (κ1) is 20.6. The van der Waals surface area contributed by atoms with Gasteiger partial charge in [-0.15, -0.1) is 6.58 Å². The lowest BCUT2D eigenvalue weighted by Crippen LogP contribution is -2.45. The normalized spacial score (nSPS) is 23.4. The summed E-state index contributed by atoms with van der Waals surface area (Å²) in [6, 6.07) is 17.8. The van der Waals surface area contributed by atoms with Gasteiger partial charge in [-0.3, -0.25) is 9.69 Å². The van der Waals surface area contributed by atoms with E-state index in [1.54, 1.807) is 6.08 Å². The van der Waals surface area contributed by atoms with Crippen LogP contribution < -0.4 is 0 Å². The number of hydrogen-bond donors (Lipinski definition) is 1. The molecule has 1 N–H and O–H groups in total. The number of nitrogens with zero attached hydrogens (tertiary/aromatic N) is 1. The smallest absolute Gasteiger partial charge is 0.410 e. The Kier molecular flexibility index (Phi) is 7.03. The molecule has 1 amide bonds. The molecule has 0 aromatic heterocycles. The number of likely N-dealkylation sites (tertiary alicyclic amines) is 1. The molecule has 1 aliphatic rings. The van der Waals surface area contributed by atoms with Crippen LogP contribution >= 0.6 is 0 Å². The van der Waals surface area contributed by atoms with Crippen molar-refractivity contribution < 1.29 is 24.2 Å². The molecule has 0 saturated carbocycles. The fourth-order valence-electron chi connectivity index (χ4n) is 3.81. The molecule has 2 aromatic carbocycles. The summed E-state index contributed by atoms with van der Waals surface area (Å²) in [7, 11) is 0. The Hall–Kier alpha value is -3.12. The molecule has 3 rings (SSSR count). The van der Waals surface area contributed by atoms with E-state index in [1.165, 1.54) is 4.90 Å². The number of benzene rings is 2. The molecular formula is C23H25NO5. The number of carbonyl (C=O) groups excluding carboxylic acids is 2. The Labute approximate surface area is 170 Å². The molecule has 1 saturated heterocycles. The van der Waals surface area contributed by atoms with Gasteiger partial charge in [-0.1, -0.05) is 66.7 Å². The maximum Gasteiger partial charge on any atom is 0.410 e. The van der Waals surface area contributed by atoms with E-state index in [0.717, 1.165) is 11.1 Å². The molecule has 6 heteroatoms. The molecule has 1 aliphatic heterocycles. The van der Waals surface area contributed by atoms with Crippen molar-refractivity contribution in [3.63, 3.8) is 0 Å². The zero-order valence-electron chi connectivity index (χ0n) is 16.1. The minimum atomic E-state index is -1.03. The lowest BCUT2D eigenvalue weighted by Gasteiger charge is -2.29. The van der Waals surface area contributed by atoms with Crippen LogP contribution in [0.3, 0.4) is 0 Å². The van der Waals surface area contributed by atoms with Crippen molar-refractivity contribution in [1.29, 1.82) is 0 Å². The Morgan fingerprint density at radius 1 is 1.03 bits per heavy atom. The molecule has 152 valence electrons. The second kappa shape index (κ2) is 9.89. The van der Waals surface area contributed by atoms with Crippen molar-refractivity contribution in [2.45, 2.75) is 43.7 Å². The summed E-state index contributed by atoms with van der Waals surface area (Å²) in [6.07, 6.45) is -0.0274. The molecule has 1 heterocycles. The molecule has 0 aliphatic carbocycles. The lowest BCUT2D eigenvalue weighted by molar-refractivity contribution is -0.139. The summed E-state index contributed by atoms with van der Waals surface area (Å²) in [5, 5.41) is 10.8. The number of amides is 1. The van der Waals surface area contributed by atoms with Crippen LogP contribution in [0.15, 0.2) is 73.3 Å². The molecular weight excluding hydrogens is 370 g/mol. The fraction of sp³-hybridized carbons (Fsp3) is 0.304. The zero-order valence-corrected chi connectivity index (χ0v) is 16.1. The number of carbonyl (C=O) groups is 2. The van der Waals surface area contributed by atoms with E-state index in [2.05, 4.69) is 6.58 Å². The highest BCUT2D eigenvalue weighted by Crippen LogP contribution is 2.32. The van der Waals surface area contributed by atoms with E-state index in [-0.39, 0.29) is 6.61 Å². The molecule has 6 nitrogen and oxygen atoms in total. The maximum absolute atomic E-state index is 13.0. The average molecular weight is 395 g/mol. The number of rotatable bonds is 8. The van der Waals surface area contributed by atoms with Crippen LogP contribution in [0.2, 0.25) is 0 Å². The summed E-state index contributed by atoms with van der Waals surface area (Å²) in [6.45, 7) is 4.16.